The number of aromatic nitrogens is 2. The Bertz CT molecular complexity index is 3310. The van der Waals surface area contributed by atoms with Gasteiger partial charge in [-0.1, -0.05) is 170 Å². The topological polar surface area (TPSA) is 12.6 Å². The van der Waals surface area contributed by atoms with Crippen molar-refractivity contribution < 1.29 is 0 Å². The molecule has 0 radical (unpaired) electrons. The van der Waals surface area contributed by atoms with Crippen LogP contribution < -0.4 is 4.90 Å². The minimum Gasteiger partial charge on any atom is -0.342 e. The van der Waals surface area contributed by atoms with Crippen LogP contribution >= 0.6 is 0 Å². The molecule has 0 unspecified atom stereocenters. The van der Waals surface area contributed by atoms with Gasteiger partial charge < -0.3 is 13.9 Å². The largest absolute Gasteiger partial charge is 0.342 e. The number of fused-ring (bicyclic) bond motifs is 9. The molecular weight excluding hydrogens is 703 g/mol. The van der Waals surface area contributed by atoms with Crippen molar-refractivity contribution in [2.24, 2.45) is 7.05 Å². The Labute approximate surface area is 337 Å². The molecule has 58 heavy (non-hydrogen) atoms. The molecule has 0 saturated heterocycles. The summed E-state index contributed by atoms with van der Waals surface area (Å²) in [7, 11) is 2.20. The summed E-state index contributed by atoms with van der Waals surface area (Å²) in [5.41, 5.74) is 14.3. The fourth-order valence-corrected chi connectivity index (χ4v) is 9.17. The van der Waals surface area contributed by atoms with E-state index in [2.05, 4.69) is 203 Å². The highest BCUT2D eigenvalue weighted by Gasteiger charge is 2.26. The van der Waals surface area contributed by atoms with E-state index in [4.69, 9.17) is 0 Å². The van der Waals surface area contributed by atoms with E-state index in [1.807, 2.05) is 36.4 Å². The molecule has 9 aromatic carbocycles. The van der Waals surface area contributed by atoms with Gasteiger partial charge in [-0.25, -0.2) is 0 Å². The second kappa shape index (κ2) is 13.8. The van der Waals surface area contributed by atoms with Gasteiger partial charge in [0.25, 0.3) is 0 Å². The van der Waals surface area contributed by atoms with E-state index in [1.165, 1.54) is 82.2 Å². The molecule has 3 nitrogen and oxygen atoms in total. The minimum absolute atomic E-state index is 1.11. The highest BCUT2D eigenvalue weighted by Crippen LogP contribution is 2.49. The smallest absolute Gasteiger partial charge is 0.0733 e. The lowest BCUT2D eigenvalue weighted by Gasteiger charge is -2.29. The Balaban J connectivity index is 0.000000592. The average molecular weight is 742 g/mol. The van der Waals surface area contributed by atoms with Crippen LogP contribution in [0.3, 0.4) is 0 Å². The summed E-state index contributed by atoms with van der Waals surface area (Å²) >= 11 is 0. The lowest BCUT2D eigenvalue weighted by Crippen LogP contribution is -2.12. The van der Waals surface area contributed by atoms with Gasteiger partial charge >= 0.3 is 0 Å². The maximum atomic E-state index is 2.52. The molecular formula is C55H39N3. The summed E-state index contributed by atoms with van der Waals surface area (Å²) in [5.74, 6) is 0. The Morgan fingerprint density at radius 3 is 1.43 bits per heavy atom. The van der Waals surface area contributed by atoms with Crippen molar-refractivity contribution in [3.63, 3.8) is 0 Å². The summed E-state index contributed by atoms with van der Waals surface area (Å²) in [6.45, 7) is 0. The van der Waals surface area contributed by atoms with E-state index >= 15 is 0 Å². The Morgan fingerprint density at radius 2 is 0.776 bits per heavy atom. The van der Waals surface area contributed by atoms with E-state index in [0.717, 1.165) is 17.1 Å². The number of benzene rings is 9. The lowest BCUT2D eigenvalue weighted by molar-refractivity contribution is 1.01. The van der Waals surface area contributed by atoms with Gasteiger partial charge in [-0.3, -0.25) is 0 Å². The van der Waals surface area contributed by atoms with Crippen molar-refractivity contribution in [1.29, 1.82) is 0 Å². The second-order valence-corrected chi connectivity index (χ2v) is 15.0. The molecule has 0 N–H and O–H groups in total. The predicted octanol–water partition coefficient (Wildman–Crippen LogP) is 15.0. The van der Waals surface area contributed by atoms with Crippen molar-refractivity contribution in [2.45, 2.75) is 0 Å². The molecule has 0 spiro atoms. The van der Waals surface area contributed by atoms with E-state index < -0.39 is 0 Å². The fourth-order valence-electron chi connectivity index (χ4n) is 9.17. The SMILES string of the molecule is Cn1c2ccccc2c2cccc(N(c3cc(-c4ccccc4)cc(-c4ccccc4)c3)c3cccc4c3c3cccc5c6ccccc6n4c53)c21.c1ccccc1. The van der Waals surface area contributed by atoms with Crippen LogP contribution in [0.5, 0.6) is 0 Å². The number of hydrogen-bond donors (Lipinski definition) is 0. The Kier molecular flexibility index (Phi) is 8.04. The zero-order valence-electron chi connectivity index (χ0n) is 32.1. The molecule has 274 valence electrons. The third-order valence-electron chi connectivity index (χ3n) is 11.7. The number of rotatable bonds is 5. The number of aryl methyl sites for hydroxylation is 1. The van der Waals surface area contributed by atoms with Crippen molar-refractivity contribution >= 4 is 77.0 Å². The van der Waals surface area contributed by atoms with Gasteiger partial charge in [-0.15, -0.1) is 0 Å². The summed E-state index contributed by atoms with van der Waals surface area (Å²) in [6, 6.07) is 78.6. The Hall–Kier alpha value is -7.62. The summed E-state index contributed by atoms with van der Waals surface area (Å²) in [4.78, 5) is 2.52. The monoisotopic (exact) mass is 741 g/mol. The number of anilines is 3. The fraction of sp³-hybridized carbons (Fsp3) is 0.0182. The second-order valence-electron chi connectivity index (χ2n) is 15.0. The van der Waals surface area contributed by atoms with Crippen molar-refractivity contribution in [1.82, 2.24) is 8.97 Å². The zero-order valence-corrected chi connectivity index (χ0v) is 32.1. The van der Waals surface area contributed by atoms with Crippen LogP contribution in [0.4, 0.5) is 17.1 Å². The van der Waals surface area contributed by atoms with Crippen LogP contribution in [0.2, 0.25) is 0 Å². The maximum absolute atomic E-state index is 2.52. The van der Waals surface area contributed by atoms with Gasteiger partial charge in [0, 0.05) is 50.6 Å². The van der Waals surface area contributed by atoms with Crippen LogP contribution in [0.15, 0.2) is 218 Å². The first-order valence-corrected chi connectivity index (χ1v) is 19.9. The van der Waals surface area contributed by atoms with Gasteiger partial charge in [0.05, 0.1) is 33.4 Å². The van der Waals surface area contributed by atoms with E-state index in [-0.39, 0.29) is 0 Å². The predicted molar refractivity (Wildman–Crippen MR) is 247 cm³/mol. The third kappa shape index (κ3) is 5.36. The first-order valence-electron chi connectivity index (χ1n) is 19.9. The van der Waals surface area contributed by atoms with Gasteiger partial charge in [0.2, 0.25) is 0 Å². The van der Waals surface area contributed by atoms with Gasteiger partial charge in [-0.05, 0) is 70.8 Å². The van der Waals surface area contributed by atoms with Gasteiger partial charge in [0.1, 0.15) is 0 Å². The highest BCUT2D eigenvalue weighted by atomic mass is 15.2. The first kappa shape index (κ1) is 33.7. The molecule has 3 heterocycles. The number of nitrogens with zero attached hydrogens (tertiary/aromatic N) is 3. The molecule has 0 aliphatic rings. The molecule has 3 heteroatoms. The zero-order chi connectivity index (χ0) is 38.6. The van der Waals surface area contributed by atoms with Crippen LogP contribution in [0, 0.1) is 0 Å². The lowest BCUT2D eigenvalue weighted by atomic mass is 9.97. The van der Waals surface area contributed by atoms with Gasteiger partial charge in [0.15, 0.2) is 0 Å². The van der Waals surface area contributed by atoms with Crippen LogP contribution in [0.25, 0.3) is 82.2 Å². The molecule has 12 rings (SSSR count). The summed E-state index contributed by atoms with van der Waals surface area (Å²) in [5, 5.41) is 7.59. The molecule has 3 aromatic heterocycles. The van der Waals surface area contributed by atoms with E-state index in [1.54, 1.807) is 0 Å². The average Bonchev–Trinajstić information content (AvgIpc) is 3.93. The van der Waals surface area contributed by atoms with Crippen molar-refractivity contribution in [2.75, 3.05) is 4.90 Å². The van der Waals surface area contributed by atoms with Crippen molar-refractivity contribution in [3.05, 3.63) is 218 Å². The number of para-hydroxylation sites is 4. The summed E-state index contributed by atoms with van der Waals surface area (Å²) in [6.07, 6.45) is 0. The standard InChI is InChI=1S/C49H33N3.C6H6/c1-50-42-24-10-8-19-37(42)40-22-13-28-46(49(40)50)51(36-30-34(32-15-4-2-5-16-32)29-35(31-36)33-17-6-3-7-18-33)44-26-14-27-45-47(44)41-23-12-21-39-38-20-9-11-25-43(38)52(45)48(39)41;1-2-4-6-5-3-1/h2-31H,1H3;1-6H. The van der Waals surface area contributed by atoms with E-state index in [0.29, 0.717) is 0 Å². The summed E-state index contributed by atoms with van der Waals surface area (Å²) < 4.78 is 4.84. The molecule has 12 aromatic rings. The molecule has 0 saturated carbocycles. The Morgan fingerprint density at radius 1 is 0.328 bits per heavy atom. The quantitative estimate of drug-likeness (QED) is 0.171. The van der Waals surface area contributed by atoms with Crippen LogP contribution in [0.1, 0.15) is 0 Å². The van der Waals surface area contributed by atoms with Crippen molar-refractivity contribution in [3.8, 4) is 22.3 Å². The minimum atomic E-state index is 1.11. The maximum Gasteiger partial charge on any atom is 0.0733 e. The first-order chi connectivity index (χ1) is 28.7. The van der Waals surface area contributed by atoms with Crippen LogP contribution in [-0.4, -0.2) is 8.97 Å². The highest BCUT2D eigenvalue weighted by molar-refractivity contribution is 6.26. The molecule has 0 aliphatic heterocycles. The third-order valence-corrected chi connectivity index (χ3v) is 11.7. The van der Waals surface area contributed by atoms with Crippen LogP contribution in [-0.2, 0) is 7.05 Å². The molecule has 0 atom stereocenters. The molecule has 0 fully saturated rings. The normalized spacial score (nSPS) is 11.5. The van der Waals surface area contributed by atoms with E-state index in [9.17, 15) is 0 Å². The van der Waals surface area contributed by atoms with Gasteiger partial charge in [-0.2, -0.15) is 0 Å². The molecule has 0 aliphatic carbocycles. The molecule has 0 bridgehead atoms. The number of hydrogen-bond acceptors (Lipinski definition) is 1. The molecule has 0 amide bonds.